The van der Waals surface area contributed by atoms with Crippen LogP contribution in [-0.4, -0.2) is 11.0 Å². The molecule has 0 aliphatic heterocycles. The molecular formula is C17H18N2OS. The Balaban J connectivity index is 1.99. The Hall–Kier alpha value is -2.20. The maximum atomic E-state index is 12.0. The van der Waals surface area contributed by atoms with Crippen molar-refractivity contribution in [3.05, 3.63) is 65.7 Å². The highest BCUT2D eigenvalue weighted by molar-refractivity contribution is 7.80. The van der Waals surface area contributed by atoms with Crippen molar-refractivity contribution in [2.24, 2.45) is 0 Å². The molecule has 3 nitrogen and oxygen atoms in total. The van der Waals surface area contributed by atoms with Crippen LogP contribution in [0.15, 0.2) is 54.6 Å². The molecule has 2 rings (SSSR count). The van der Waals surface area contributed by atoms with E-state index in [0.29, 0.717) is 16.6 Å². The monoisotopic (exact) mass is 298 g/mol. The molecule has 0 heterocycles. The first kappa shape index (κ1) is 15.2. The van der Waals surface area contributed by atoms with E-state index >= 15 is 0 Å². The van der Waals surface area contributed by atoms with Crippen LogP contribution >= 0.6 is 12.2 Å². The van der Waals surface area contributed by atoms with Gasteiger partial charge < -0.3 is 5.32 Å². The van der Waals surface area contributed by atoms with Crippen LogP contribution in [0.2, 0.25) is 0 Å². The van der Waals surface area contributed by atoms with Crippen molar-refractivity contribution in [3.8, 4) is 0 Å². The van der Waals surface area contributed by atoms with Crippen LogP contribution in [0.4, 0.5) is 5.69 Å². The molecule has 1 amide bonds. The number of anilines is 1. The molecule has 0 saturated heterocycles. The number of nitrogens with one attached hydrogen (secondary N) is 2. The van der Waals surface area contributed by atoms with Gasteiger partial charge in [0.15, 0.2) is 5.11 Å². The third kappa shape index (κ3) is 4.39. The molecule has 0 saturated carbocycles. The number of amides is 1. The van der Waals surface area contributed by atoms with Crippen LogP contribution in [0.25, 0.3) is 0 Å². The average Bonchev–Trinajstić information content (AvgIpc) is 2.48. The van der Waals surface area contributed by atoms with E-state index in [-0.39, 0.29) is 5.91 Å². The molecule has 0 unspecified atom stereocenters. The lowest BCUT2D eigenvalue weighted by Gasteiger charge is -2.12. The zero-order valence-electron chi connectivity index (χ0n) is 12.1. The lowest BCUT2D eigenvalue weighted by atomic mass is 10.0. The number of carbonyl (C=O) groups excluding carboxylic acids is 1. The first-order valence-electron chi connectivity index (χ1n) is 6.83. The van der Waals surface area contributed by atoms with Gasteiger partial charge in [0, 0.05) is 11.3 Å². The highest BCUT2D eigenvalue weighted by Gasteiger charge is 2.07. The molecule has 0 spiro atoms. The second-order valence-electron chi connectivity index (χ2n) is 5.05. The second-order valence-corrected chi connectivity index (χ2v) is 5.46. The topological polar surface area (TPSA) is 41.1 Å². The van der Waals surface area contributed by atoms with Crippen molar-refractivity contribution in [2.75, 3.05) is 5.32 Å². The van der Waals surface area contributed by atoms with Gasteiger partial charge in [0.2, 0.25) is 0 Å². The Morgan fingerprint density at radius 2 is 1.76 bits per heavy atom. The Kier molecular flexibility index (Phi) is 5.06. The van der Waals surface area contributed by atoms with Crippen LogP contribution in [-0.2, 0) is 0 Å². The second kappa shape index (κ2) is 6.99. The van der Waals surface area contributed by atoms with E-state index in [9.17, 15) is 4.79 Å². The van der Waals surface area contributed by atoms with Gasteiger partial charge in [0.25, 0.3) is 5.91 Å². The van der Waals surface area contributed by atoms with E-state index < -0.39 is 0 Å². The Morgan fingerprint density at radius 3 is 2.43 bits per heavy atom. The number of thiocarbonyl (C=S) groups is 1. The van der Waals surface area contributed by atoms with Gasteiger partial charge in [0.05, 0.1) is 0 Å². The zero-order valence-corrected chi connectivity index (χ0v) is 12.9. The van der Waals surface area contributed by atoms with Gasteiger partial charge >= 0.3 is 0 Å². The summed E-state index contributed by atoms with van der Waals surface area (Å²) in [4.78, 5) is 12.0. The van der Waals surface area contributed by atoms with Crippen LogP contribution in [0.1, 0.15) is 35.7 Å². The number of benzene rings is 2. The van der Waals surface area contributed by atoms with E-state index in [1.807, 2.05) is 36.4 Å². The predicted molar refractivity (Wildman–Crippen MR) is 90.7 cm³/mol. The Morgan fingerprint density at radius 1 is 1.05 bits per heavy atom. The summed E-state index contributed by atoms with van der Waals surface area (Å²) in [6, 6.07) is 17.0. The molecule has 4 heteroatoms. The third-order valence-corrected chi connectivity index (χ3v) is 3.28. The number of hydrogen-bond donors (Lipinski definition) is 2. The summed E-state index contributed by atoms with van der Waals surface area (Å²) < 4.78 is 0. The van der Waals surface area contributed by atoms with Crippen LogP contribution in [0.5, 0.6) is 0 Å². The fourth-order valence-corrected chi connectivity index (χ4v) is 2.11. The SMILES string of the molecule is CC(C)c1cccc(NC(=S)NC(=O)c2ccccc2)c1. The molecule has 21 heavy (non-hydrogen) atoms. The minimum Gasteiger partial charge on any atom is -0.332 e. The van der Waals surface area contributed by atoms with Crippen molar-refractivity contribution in [1.82, 2.24) is 5.32 Å². The molecule has 0 radical (unpaired) electrons. The standard InChI is InChI=1S/C17H18N2OS/c1-12(2)14-9-6-10-15(11-14)18-17(21)19-16(20)13-7-4-3-5-8-13/h3-12H,1-2H3,(H2,18,19,20,21). The van der Waals surface area contributed by atoms with Crippen molar-refractivity contribution < 1.29 is 4.79 Å². The molecule has 0 aromatic heterocycles. The summed E-state index contributed by atoms with van der Waals surface area (Å²) in [6.07, 6.45) is 0. The average molecular weight is 298 g/mol. The molecule has 2 aromatic carbocycles. The quantitative estimate of drug-likeness (QED) is 0.843. The molecule has 0 aliphatic carbocycles. The molecule has 2 aromatic rings. The van der Waals surface area contributed by atoms with Crippen molar-refractivity contribution in [3.63, 3.8) is 0 Å². The van der Waals surface area contributed by atoms with Crippen molar-refractivity contribution in [1.29, 1.82) is 0 Å². The first-order valence-corrected chi connectivity index (χ1v) is 7.24. The highest BCUT2D eigenvalue weighted by Crippen LogP contribution is 2.18. The smallest absolute Gasteiger partial charge is 0.257 e. The van der Waals surface area contributed by atoms with Gasteiger partial charge in [-0.2, -0.15) is 0 Å². The summed E-state index contributed by atoms with van der Waals surface area (Å²) in [7, 11) is 0. The molecule has 0 atom stereocenters. The minimum atomic E-state index is -0.215. The summed E-state index contributed by atoms with van der Waals surface area (Å²) in [5.74, 6) is 0.229. The van der Waals surface area contributed by atoms with Gasteiger partial charge in [-0.3, -0.25) is 10.1 Å². The largest absolute Gasteiger partial charge is 0.332 e. The fraction of sp³-hybridized carbons (Fsp3) is 0.176. The van der Waals surface area contributed by atoms with Crippen LogP contribution in [0.3, 0.4) is 0 Å². The van der Waals surface area contributed by atoms with Gasteiger partial charge in [0.1, 0.15) is 0 Å². The minimum absolute atomic E-state index is 0.215. The summed E-state index contributed by atoms with van der Waals surface area (Å²) >= 11 is 5.18. The van der Waals surface area contributed by atoms with E-state index in [0.717, 1.165) is 5.69 Å². The molecule has 0 bridgehead atoms. The summed E-state index contributed by atoms with van der Waals surface area (Å²) in [5.41, 5.74) is 2.68. The maximum absolute atomic E-state index is 12.0. The fourth-order valence-electron chi connectivity index (χ4n) is 1.90. The Labute approximate surface area is 130 Å². The number of carbonyl (C=O) groups is 1. The lowest BCUT2D eigenvalue weighted by Crippen LogP contribution is -2.34. The molecule has 108 valence electrons. The molecular weight excluding hydrogens is 280 g/mol. The number of rotatable bonds is 3. The highest BCUT2D eigenvalue weighted by atomic mass is 32.1. The molecule has 0 aliphatic rings. The van der Waals surface area contributed by atoms with Gasteiger partial charge in [-0.05, 0) is 48.0 Å². The first-order chi connectivity index (χ1) is 10.1. The van der Waals surface area contributed by atoms with E-state index in [1.54, 1.807) is 12.1 Å². The van der Waals surface area contributed by atoms with Crippen LogP contribution < -0.4 is 10.6 Å². The molecule has 2 N–H and O–H groups in total. The third-order valence-electron chi connectivity index (χ3n) is 3.07. The molecule has 0 fully saturated rings. The van der Waals surface area contributed by atoms with Crippen molar-refractivity contribution >= 4 is 28.9 Å². The zero-order chi connectivity index (χ0) is 15.2. The predicted octanol–water partition coefficient (Wildman–Crippen LogP) is 3.94. The van der Waals surface area contributed by atoms with Gasteiger partial charge in [-0.1, -0.05) is 44.2 Å². The lowest BCUT2D eigenvalue weighted by molar-refractivity contribution is 0.0978. The van der Waals surface area contributed by atoms with E-state index in [4.69, 9.17) is 12.2 Å². The van der Waals surface area contributed by atoms with Gasteiger partial charge in [-0.25, -0.2) is 0 Å². The normalized spacial score (nSPS) is 10.2. The van der Waals surface area contributed by atoms with E-state index in [2.05, 4.69) is 30.5 Å². The van der Waals surface area contributed by atoms with Crippen molar-refractivity contribution in [2.45, 2.75) is 19.8 Å². The summed E-state index contributed by atoms with van der Waals surface area (Å²) in [5, 5.41) is 6.01. The Bertz CT molecular complexity index is 638. The summed E-state index contributed by atoms with van der Waals surface area (Å²) in [6.45, 7) is 4.27. The maximum Gasteiger partial charge on any atom is 0.257 e. The number of hydrogen-bond acceptors (Lipinski definition) is 2. The van der Waals surface area contributed by atoms with Gasteiger partial charge in [-0.15, -0.1) is 0 Å². The van der Waals surface area contributed by atoms with E-state index in [1.165, 1.54) is 5.56 Å². The van der Waals surface area contributed by atoms with Crippen LogP contribution in [0, 0.1) is 0 Å².